The van der Waals surface area contributed by atoms with Gasteiger partial charge in [0, 0.05) is 25.7 Å². The molecule has 9 heteroatoms. The highest BCUT2D eigenvalue weighted by Crippen LogP contribution is 2.44. The first kappa shape index (κ1) is 23.8. The molecule has 1 amide bonds. The molecule has 2 aliphatic rings. The molecule has 1 unspecified atom stereocenters. The Labute approximate surface area is 184 Å². The summed E-state index contributed by atoms with van der Waals surface area (Å²) < 4.78 is 37.4. The van der Waals surface area contributed by atoms with Crippen molar-refractivity contribution in [2.45, 2.75) is 50.4 Å². The SMILES string of the molecule is Cc1ccc(CN2CCC3(CC2)CC(c2ccccc2)C(=O)N3C)o1.O=C(O)C(F)(F)F. The van der Waals surface area contributed by atoms with E-state index < -0.39 is 12.1 Å². The number of hydrogen-bond donors (Lipinski definition) is 1. The average molecular weight is 452 g/mol. The van der Waals surface area contributed by atoms with Crippen molar-refractivity contribution in [2.75, 3.05) is 20.1 Å². The van der Waals surface area contributed by atoms with E-state index >= 15 is 0 Å². The van der Waals surface area contributed by atoms with Crippen LogP contribution in [-0.2, 0) is 16.1 Å². The van der Waals surface area contributed by atoms with Crippen LogP contribution in [0, 0.1) is 6.92 Å². The molecule has 3 heterocycles. The molecule has 0 aliphatic carbocycles. The predicted molar refractivity (Wildman–Crippen MR) is 111 cm³/mol. The van der Waals surface area contributed by atoms with Crippen molar-refractivity contribution in [3.05, 3.63) is 59.5 Å². The normalized spacial score (nSPS) is 20.8. The van der Waals surface area contributed by atoms with Gasteiger partial charge in [0.1, 0.15) is 11.5 Å². The lowest BCUT2D eigenvalue weighted by Crippen LogP contribution is -2.51. The lowest BCUT2D eigenvalue weighted by atomic mass is 9.81. The molecule has 1 atom stereocenters. The van der Waals surface area contributed by atoms with Gasteiger partial charge < -0.3 is 14.4 Å². The lowest BCUT2D eigenvalue weighted by molar-refractivity contribution is -0.192. The van der Waals surface area contributed by atoms with Crippen molar-refractivity contribution in [3.8, 4) is 0 Å². The Morgan fingerprint density at radius 1 is 1.16 bits per heavy atom. The minimum absolute atomic E-state index is 0.0190. The van der Waals surface area contributed by atoms with Crippen molar-refractivity contribution in [1.82, 2.24) is 9.80 Å². The van der Waals surface area contributed by atoms with E-state index in [-0.39, 0.29) is 17.4 Å². The Morgan fingerprint density at radius 3 is 2.25 bits per heavy atom. The zero-order valence-corrected chi connectivity index (χ0v) is 18.1. The van der Waals surface area contributed by atoms with Gasteiger partial charge in [-0.3, -0.25) is 9.69 Å². The second-order valence-corrected chi connectivity index (χ2v) is 8.38. The van der Waals surface area contributed by atoms with Crippen molar-refractivity contribution in [2.24, 2.45) is 0 Å². The molecule has 0 saturated carbocycles. The number of benzene rings is 1. The smallest absolute Gasteiger partial charge is 0.475 e. The predicted octanol–water partition coefficient (Wildman–Crippen LogP) is 4.20. The first-order chi connectivity index (χ1) is 15.0. The Kier molecular flexibility index (Phi) is 6.97. The zero-order valence-electron chi connectivity index (χ0n) is 18.1. The summed E-state index contributed by atoms with van der Waals surface area (Å²) in [6.07, 6.45) is -2.06. The second-order valence-electron chi connectivity index (χ2n) is 8.38. The van der Waals surface area contributed by atoms with E-state index in [1.54, 1.807) is 0 Å². The van der Waals surface area contributed by atoms with Gasteiger partial charge in [0.25, 0.3) is 0 Å². The van der Waals surface area contributed by atoms with Gasteiger partial charge >= 0.3 is 12.1 Å². The molecule has 174 valence electrons. The van der Waals surface area contributed by atoms with Gasteiger partial charge in [-0.1, -0.05) is 30.3 Å². The maximum Gasteiger partial charge on any atom is 0.490 e. The number of likely N-dealkylation sites (N-methyl/N-ethyl adjacent to an activating group) is 1. The highest BCUT2D eigenvalue weighted by molar-refractivity contribution is 5.87. The van der Waals surface area contributed by atoms with E-state index in [4.69, 9.17) is 14.3 Å². The van der Waals surface area contributed by atoms with E-state index in [9.17, 15) is 18.0 Å². The minimum Gasteiger partial charge on any atom is -0.475 e. The van der Waals surface area contributed by atoms with Gasteiger partial charge in [-0.15, -0.1) is 0 Å². The molecule has 0 radical (unpaired) electrons. The highest BCUT2D eigenvalue weighted by atomic mass is 19.4. The molecule has 1 aromatic heterocycles. The van der Waals surface area contributed by atoms with Crippen molar-refractivity contribution in [3.63, 3.8) is 0 Å². The molecule has 1 spiro atoms. The molecular formula is C23H27F3N2O4. The third-order valence-electron chi connectivity index (χ3n) is 6.33. The zero-order chi connectivity index (χ0) is 23.5. The van der Waals surface area contributed by atoms with Crippen LogP contribution in [0.3, 0.4) is 0 Å². The third kappa shape index (κ3) is 5.32. The van der Waals surface area contributed by atoms with Crippen LogP contribution in [0.25, 0.3) is 0 Å². The van der Waals surface area contributed by atoms with Crippen LogP contribution in [0.4, 0.5) is 13.2 Å². The fourth-order valence-electron chi connectivity index (χ4n) is 4.47. The van der Waals surface area contributed by atoms with Crippen LogP contribution in [-0.4, -0.2) is 58.6 Å². The first-order valence-corrected chi connectivity index (χ1v) is 10.4. The Morgan fingerprint density at radius 2 is 1.75 bits per heavy atom. The number of nitrogens with zero attached hydrogens (tertiary/aromatic N) is 2. The minimum atomic E-state index is -5.08. The molecule has 1 aromatic carbocycles. The maximum absolute atomic E-state index is 12.9. The molecule has 1 N–H and O–H groups in total. The number of aryl methyl sites for hydroxylation is 1. The van der Waals surface area contributed by atoms with Gasteiger partial charge in [0.2, 0.25) is 5.91 Å². The Hall–Kier alpha value is -2.81. The van der Waals surface area contributed by atoms with E-state index in [1.165, 1.54) is 0 Å². The Bertz CT molecular complexity index is 934. The van der Waals surface area contributed by atoms with Crippen molar-refractivity contribution >= 4 is 11.9 Å². The van der Waals surface area contributed by atoms with Gasteiger partial charge in [-0.2, -0.15) is 13.2 Å². The van der Waals surface area contributed by atoms with Gasteiger partial charge in [0.05, 0.1) is 12.5 Å². The van der Waals surface area contributed by atoms with E-state index in [2.05, 4.69) is 23.1 Å². The average Bonchev–Trinajstić information content (AvgIpc) is 3.26. The number of rotatable bonds is 3. The number of carboxylic acids is 1. The number of amides is 1. The summed E-state index contributed by atoms with van der Waals surface area (Å²) in [7, 11) is 2.00. The van der Waals surface area contributed by atoms with Crippen LogP contribution in [0.15, 0.2) is 46.9 Å². The van der Waals surface area contributed by atoms with Crippen LogP contribution in [0.2, 0.25) is 0 Å². The van der Waals surface area contributed by atoms with Crippen molar-refractivity contribution in [1.29, 1.82) is 0 Å². The van der Waals surface area contributed by atoms with Crippen LogP contribution in [0.1, 0.15) is 42.3 Å². The monoisotopic (exact) mass is 452 g/mol. The molecular weight excluding hydrogens is 425 g/mol. The lowest BCUT2D eigenvalue weighted by Gasteiger charge is -2.43. The number of likely N-dealkylation sites (tertiary alicyclic amines) is 2. The summed E-state index contributed by atoms with van der Waals surface area (Å²) in [5.74, 6) is -0.457. The molecule has 32 heavy (non-hydrogen) atoms. The number of carbonyl (C=O) groups is 2. The number of halogens is 3. The summed E-state index contributed by atoms with van der Waals surface area (Å²) in [4.78, 5) is 26.2. The molecule has 6 nitrogen and oxygen atoms in total. The quantitative estimate of drug-likeness (QED) is 0.756. The molecule has 2 fully saturated rings. The summed E-state index contributed by atoms with van der Waals surface area (Å²) in [6, 6.07) is 14.3. The number of piperidine rings is 1. The van der Waals surface area contributed by atoms with Gasteiger partial charge in [-0.25, -0.2) is 4.79 Å². The van der Waals surface area contributed by atoms with Gasteiger partial charge in [-0.05, 0) is 43.9 Å². The topological polar surface area (TPSA) is 74.0 Å². The van der Waals surface area contributed by atoms with Crippen LogP contribution < -0.4 is 0 Å². The summed E-state index contributed by atoms with van der Waals surface area (Å²) >= 11 is 0. The summed E-state index contributed by atoms with van der Waals surface area (Å²) in [5.41, 5.74) is 1.18. The molecule has 2 aromatic rings. The summed E-state index contributed by atoms with van der Waals surface area (Å²) in [5, 5.41) is 7.12. The summed E-state index contributed by atoms with van der Waals surface area (Å²) in [6.45, 7) is 4.87. The maximum atomic E-state index is 12.9. The second kappa shape index (κ2) is 9.36. The third-order valence-corrected chi connectivity index (χ3v) is 6.33. The first-order valence-electron chi connectivity index (χ1n) is 10.4. The molecule has 0 bridgehead atoms. The Balaban J connectivity index is 0.000000360. The number of alkyl halides is 3. The van der Waals surface area contributed by atoms with E-state index in [1.807, 2.05) is 43.1 Å². The van der Waals surface area contributed by atoms with Gasteiger partial charge in [0.15, 0.2) is 0 Å². The molecule has 2 saturated heterocycles. The highest BCUT2D eigenvalue weighted by Gasteiger charge is 2.50. The fourth-order valence-corrected chi connectivity index (χ4v) is 4.47. The molecule has 2 aliphatic heterocycles. The van der Waals surface area contributed by atoms with Crippen molar-refractivity contribution < 1.29 is 32.3 Å². The van der Waals surface area contributed by atoms with E-state index in [0.29, 0.717) is 0 Å². The molecule has 4 rings (SSSR count). The number of hydrogen-bond acceptors (Lipinski definition) is 4. The number of aliphatic carboxylic acids is 1. The van der Waals surface area contributed by atoms with Crippen LogP contribution >= 0.6 is 0 Å². The standard InChI is InChI=1S/C21H26N2O2.C2HF3O2/c1-16-8-9-18(25-16)15-23-12-10-21(11-13-23)14-19(20(24)22(21)2)17-6-4-3-5-7-17;3-2(4,5)1(6)7/h3-9,19H,10-15H2,1-2H3;(H,6,7). The number of furan rings is 1. The van der Waals surface area contributed by atoms with Crippen LogP contribution in [0.5, 0.6) is 0 Å². The largest absolute Gasteiger partial charge is 0.490 e. The number of carbonyl (C=O) groups excluding carboxylic acids is 1. The van der Waals surface area contributed by atoms with E-state index in [0.717, 1.165) is 56.0 Å². The fraction of sp³-hybridized carbons (Fsp3) is 0.478. The number of carboxylic acid groups (broad SMARTS) is 1.